The molecule has 0 aromatic carbocycles. The summed E-state index contributed by atoms with van der Waals surface area (Å²) in [5, 5.41) is 0. The summed E-state index contributed by atoms with van der Waals surface area (Å²) in [5.41, 5.74) is 2.49. The maximum Gasteiger partial charge on any atom is 0.0642 e. The fourth-order valence-electron chi connectivity index (χ4n) is 1.34. The average Bonchev–Trinajstić information content (AvgIpc) is 2.26. The fourth-order valence-corrected chi connectivity index (χ4v) is 1.34. The Labute approximate surface area is 86.6 Å². The molecule has 2 heteroatoms. The molecular formula is C12H19NO. The van der Waals surface area contributed by atoms with Crippen LogP contribution >= 0.6 is 0 Å². The predicted molar refractivity (Wildman–Crippen MR) is 60.1 cm³/mol. The zero-order valence-electron chi connectivity index (χ0n) is 9.12. The molecule has 0 saturated carbocycles. The molecule has 1 aliphatic rings. The lowest BCUT2D eigenvalue weighted by atomic mass is 10.2. The van der Waals surface area contributed by atoms with Gasteiger partial charge >= 0.3 is 0 Å². The number of ether oxygens (including phenoxy) is 1. The van der Waals surface area contributed by atoms with Gasteiger partial charge in [-0.1, -0.05) is 24.3 Å². The van der Waals surface area contributed by atoms with Gasteiger partial charge in [-0.2, -0.15) is 0 Å². The average molecular weight is 193 g/mol. The van der Waals surface area contributed by atoms with Crippen LogP contribution in [0.3, 0.4) is 0 Å². The van der Waals surface area contributed by atoms with Gasteiger partial charge in [-0.05, 0) is 19.9 Å². The van der Waals surface area contributed by atoms with Gasteiger partial charge in [0.05, 0.1) is 13.2 Å². The molecule has 0 N–H and O–H groups in total. The van der Waals surface area contributed by atoms with E-state index in [0.717, 1.165) is 26.3 Å². The van der Waals surface area contributed by atoms with Crippen LogP contribution in [0.1, 0.15) is 13.8 Å². The monoisotopic (exact) mass is 193 g/mol. The third-order valence-corrected chi connectivity index (χ3v) is 2.42. The van der Waals surface area contributed by atoms with Gasteiger partial charge in [0, 0.05) is 18.8 Å². The van der Waals surface area contributed by atoms with Crippen LogP contribution in [0.15, 0.2) is 36.1 Å². The van der Waals surface area contributed by atoms with Crippen LogP contribution in [0, 0.1) is 0 Å². The highest BCUT2D eigenvalue weighted by atomic mass is 16.5. The molecule has 0 unspecified atom stereocenters. The molecule has 0 radical (unpaired) electrons. The number of nitrogens with zero attached hydrogens (tertiary/aromatic N) is 1. The number of hydrogen-bond acceptors (Lipinski definition) is 2. The molecule has 2 nitrogen and oxygen atoms in total. The van der Waals surface area contributed by atoms with Gasteiger partial charge in [0.2, 0.25) is 0 Å². The second-order valence-corrected chi connectivity index (χ2v) is 3.52. The molecule has 1 fully saturated rings. The summed E-state index contributed by atoms with van der Waals surface area (Å²) in [6.45, 7) is 11.6. The summed E-state index contributed by atoms with van der Waals surface area (Å²) in [4.78, 5) is 2.34. The third kappa shape index (κ3) is 3.38. The number of allylic oxidation sites excluding steroid dienone is 5. The lowest BCUT2D eigenvalue weighted by Gasteiger charge is -2.29. The van der Waals surface area contributed by atoms with E-state index in [1.54, 1.807) is 0 Å². The van der Waals surface area contributed by atoms with E-state index in [-0.39, 0.29) is 0 Å². The number of hydrogen-bond donors (Lipinski definition) is 0. The van der Waals surface area contributed by atoms with E-state index in [1.165, 1.54) is 11.3 Å². The van der Waals surface area contributed by atoms with Gasteiger partial charge in [0.15, 0.2) is 0 Å². The molecule has 1 heterocycles. The standard InChI is InChI=1S/C12H19NO/c1-4-11(2)5-6-12(3)13-7-9-14-10-8-13/h4-6H,1,7-10H2,2-3H3/b11-5-,12-6+. The van der Waals surface area contributed by atoms with Crippen molar-refractivity contribution < 1.29 is 4.74 Å². The van der Waals surface area contributed by atoms with Crippen LogP contribution < -0.4 is 0 Å². The molecule has 0 aromatic heterocycles. The van der Waals surface area contributed by atoms with Crippen molar-refractivity contribution in [2.45, 2.75) is 13.8 Å². The Morgan fingerprint density at radius 1 is 1.21 bits per heavy atom. The molecule has 0 spiro atoms. The van der Waals surface area contributed by atoms with Crippen LogP contribution in [0.2, 0.25) is 0 Å². The van der Waals surface area contributed by atoms with Gasteiger partial charge < -0.3 is 9.64 Å². The summed E-state index contributed by atoms with van der Waals surface area (Å²) in [5.74, 6) is 0. The molecule has 1 rings (SSSR count). The van der Waals surface area contributed by atoms with Crippen molar-refractivity contribution in [1.82, 2.24) is 4.90 Å². The molecule has 0 bridgehead atoms. The molecular weight excluding hydrogens is 174 g/mol. The Morgan fingerprint density at radius 3 is 2.43 bits per heavy atom. The van der Waals surface area contributed by atoms with Crippen LogP contribution in [0.4, 0.5) is 0 Å². The lowest BCUT2D eigenvalue weighted by molar-refractivity contribution is 0.0537. The predicted octanol–water partition coefficient (Wildman–Crippen LogP) is 2.35. The van der Waals surface area contributed by atoms with E-state index >= 15 is 0 Å². The van der Waals surface area contributed by atoms with Gasteiger partial charge in [0.1, 0.15) is 0 Å². The Hall–Kier alpha value is -1.02. The molecule has 0 amide bonds. The Bertz CT molecular complexity index is 247. The minimum atomic E-state index is 0.843. The maximum atomic E-state index is 5.30. The number of morpholine rings is 1. The zero-order chi connectivity index (χ0) is 10.4. The molecule has 0 atom stereocenters. The first kappa shape index (κ1) is 11.1. The Balaban J connectivity index is 2.53. The van der Waals surface area contributed by atoms with E-state index in [4.69, 9.17) is 4.74 Å². The Kier molecular flexibility index (Phi) is 4.47. The molecule has 78 valence electrons. The van der Waals surface area contributed by atoms with E-state index in [0.29, 0.717) is 0 Å². The highest BCUT2D eigenvalue weighted by Crippen LogP contribution is 2.07. The molecule has 14 heavy (non-hydrogen) atoms. The van der Waals surface area contributed by atoms with E-state index in [1.807, 2.05) is 6.08 Å². The minimum absolute atomic E-state index is 0.843. The van der Waals surface area contributed by atoms with Crippen molar-refractivity contribution in [2.75, 3.05) is 26.3 Å². The molecule has 1 aliphatic heterocycles. The van der Waals surface area contributed by atoms with Crippen LogP contribution in [-0.2, 0) is 4.74 Å². The summed E-state index contributed by atoms with van der Waals surface area (Å²) >= 11 is 0. The van der Waals surface area contributed by atoms with Crippen molar-refractivity contribution in [1.29, 1.82) is 0 Å². The van der Waals surface area contributed by atoms with Gasteiger partial charge in [-0.3, -0.25) is 0 Å². The van der Waals surface area contributed by atoms with Crippen molar-refractivity contribution in [2.24, 2.45) is 0 Å². The normalized spacial score (nSPS) is 19.7. The summed E-state index contributed by atoms with van der Waals surface area (Å²) in [6, 6.07) is 0. The second-order valence-electron chi connectivity index (χ2n) is 3.52. The van der Waals surface area contributed by atoms with E-state index < -0.39 is 0 Å². The largest absolute Gasteiger partial charge is 0.378 e. The lowest BCUT2D eigenvalue weighted by Crippen LogP contribution is -2.34. The van der Waals surface area contributed by atoms with E-state index in [9.17, 15) is 0 Å². The highest BCUT2D eigenvalue weighted by molar-refractivity contribution is 5.21. The van der Waals surface area contributed by atoms with Crippen LogP contribution in [0.25, 0.3) is 0 Å². The first-order valence-corrected chi connectivity index (χ1v) is 5.04. The SMILES string of the molecule is C=C/C(C)=C\C=C(/C)N1CCOCC1. The Morgan fingerprint density at radius 2 is 1.86 bits per heavy atom. The van der Waals surface area contributed by atoms with Gasteiger partial charge in [0.25, 0.3) is 0 Å². The van der Waals surface area contributed by atoms with Crippen LogP contribution in [-0.4, -0.2) is 31.2 Å². The summed E-state index contributed by atoms with van der Waals surface area (Å²) in [6.07, 6.45) is 6.10. The van der Waals surface area contributed by atoms with Crippen LogP contribution in [0.5, 0.6) is 0 Å². The number of rotatable bonds is 3. The van der Waals surface area contributed by atoms with Crippen molar-refractivity contribution in [3.8, 4) is 0 Å². The highest BCUT2D eigenvalue weighted by Gasteiger charge is 2.09. The van der Waals surface area contributed by atoms with E-state index in [2.05, 4.69) is 37.5 Å². The van der Waals surface area contributed by atoms with Gasteiger partial charge in [-0.25, -0.2) is 0 Å². The summed E-state index contributed by atoms with van der Waals surface area (Å²) < 4.78 is 5.30. The fraction of sp³-hybridized carbons (Fsp3) is 0.500. The molecule has 0 aromatic rings. The second kappa shape index (κ2) is 5.66. The quantitative estimate of drug-likeness (QED) is 0.638. The molecule has 0 aliphatic carbocycles. The maximum absolute atomic E-state index is 5.30. The van der Waals surface area contributed by atoms with Crippen molar-refractivity contribution in [3.05, 3.63) is 36.1 Å². The topological polar surface area (TPSA) is 12.5 Å². The van der Waals surface area contributed by atoms with Gasteiger partial charge in [-0.15, -0.1) is 0 Å². The summed E-state index contributed by atoms with van der Waals surface area (Å²) in [7, 11) is 0. The zero-order valence-corrected chi connectivity index (χ0v) is 9.12. The third-order valence-electron chi connectivity index (χ3n) is 2.42. The first-order valence-electron chi connectivity index (χ1n) is 5.04. The minimum Gasteiger partial charge on any atom is -0.378 e. The first-order chi connectivity index (χ1) is 6.74. The molecule has 1 saturated heterocycles. The smallest absolute Gasteiger partial charge is 0.0642 e. The van der Waals surface area contributed by atoms with Crippen molar-refractivity contribution in [3.63, 3.8) is 0 Å². The van der Waals surface area contributed by atoms with Crippen molar-refractivity contribution >= 4 is 0 Å².